The van der Waals surface area contributed by atoms with Crippen molar-refractivity contribution < 1.29 is 22.4 Å². The molecule has 0 bridgehead atoms. The van der Waals surface area contributed by atoms with Crippen LogP contribution in [0.2, 0.25) is 0 Å². The summed E-state index contributed by atoms with van der Waals surface area (Å²) in [5, 5.41) is 4.45. The molecular weight excluding hydrogens is 496 g/mol. The number of carbonyl (C=O) groups excluding carboxylic acids is 2. The third-order valence-corrected chi connectivity index (χ3v) is 8.38. The molecule has 1 N–H and O–H groups in total. The first-order valence-corrected chi connectivity index (χ1v) is 13.8. The van der Waals surface area contributed by atoms with Gasteiger partial charge in [0.2, 0.25) is 5.91 Å². The number of hydrogen-bond acceptors (Lipinski definition) is 6. The summed E-state index contributed by atoms with van der Waals surface area (Å²) < 4.78 is 32.4. The first-order chi connectivity index (χ1) is 17.4. The van der Waals surface area contributed by atoms with Gasteiger partial charge in [0.1, 0.15) is 5.76 Å². The van der Waals surface area contributed by atoms with Gasteiger partial charge in [0.15, 0.2) is 9.84 Å². The molecule has 0 saturated carbocycles. The zero-order valence-electron chi connectivity index (χ0n) is 19.7. The van der Waals surface area contributed by atoms with Crippen molar-refractivity contribution in [1.29, 1.82) is 0 Å². The molecule has 186 valence electrons. The minimum Gasteiger partial charge on any atom is -0.467 e. The van der Waals surface area contributed by atoms with Gasteiger partial charge in [-0.2, -0.15) is 0 Å². The quantitative estimate of drug-likeness (QED) is 0.331. The van der Waals surface area contributed by atoms with E-state index in [0.29, 0.717) is 23.4 Å². The maximum absolute atomic E-state index is 14.0. The van der Waals surface area contributed by atoms with Gasteiger partial charge in [0, 0.05) is 17.5 Å². The smallest absolute Gasteiger partial charge is 0.251 e. The van der Waals surface area contributed by atoms with E-state index in [2.05, 4.69) is 5.32 Å². The third-order valence-electron chi connectivity index (χ3n) is 5.75. The highest BCUT2D eigenvalue weighted by atomic mass is 32.2. The summed E-state index contributed by atoms with van der Waals surface area (Å²) in [5.41, 5.74) is 0.969. The molecule has 0 fully saturated rings. The number of hydrogen-bond donors (Lipinski definition) is 1. The molecule has 0 aliphatic rings. The van der Waals surface area contributed by atoms with Gasteiger partial charge in [0.05, 0.1) is 35.9 Å². The van der Waals surface area contributed by atoms with Crippen molar-refractivity contribution in [2.75, 3.05) is 12.8 Å². The molecule has 0 aliphatic carbocycles. The molecule has 0 aliphatic heterocycles. The number of nitrogens with zero attached hydrogens (tertiary/aromatic N) is 1. The summed E-state index contributed by atoms with van der Waals surface area (Å²) in [6.07, 6.45) is 1.55. The summed E-state index contributed by atoms with van der Waals surface area (Å²) in [5.74, 6) is -1.34. The van der Waals surface area contributed by atoms with Crippen molar-refractivity contribution in [3.63, 3.8) is 0 Å². The molecule has 0 saturated heterocycles. The normalized spacial score (nSPS) is 12.1. The van der Waals surface area contributed by atoms with Gasteiger partial charge in [-0.1, -0.05) is 36.4 Å². The molecule has 4 aromatic rings. The van der Waals surface area contributed by atoms with Crippen LogP contribution in [0.1, 0.15) is 32.5 Å². The predicted octanol–water partition coefficient (Wildman–Crippen LogP) is 4.49. The van der Waals surface area contributed by atoms with Crippen molar-refractivity contribution in [2.24, 2.45) is 0 Å². The summed E-state index contributed by atoms with van der Waals surface area (Å²) in [4.78, 5) is 28.5. The molecule has 2 heterocycles. The van der Waals surface area contributed by atoms with Crippen LogP contribution in [-0.2, 0) is 27.7 Å². The van der Waals surface area contributed by atoms with Crippen molar-refractivity contribution in [3.05, 3.63) is 112 Å². The minimum atomic E-state index is -3.86. The zero-order chi connectivity index (χ0) is 25.5. The number of sulfone groups is 1. The van der Waals surface area contributed by atoms with Gasteiger partial charge in [-0.05, 0) is 53.4 Å². The second-order valence-electron chi connectivity index (χ2n) is 8.20. The van der Waals surface area contributed by atoms with Crippen molar-refractivity contribution in [2.45, 2.75) is 23.9 Å². The average Bonchev–Trinajstić information content (AvgIpc) is 3.61. The fourth-order valence-corrected chi connectivity index (χ4v) is 6.12. The van der Waals surface area contributed by atoms with Crippen molar-refractivity contribution in [1.82, 2.24) is 10.2 Å². The van der Waals surface area contributed by atoms with E-state index < -0.39 is 21.5 Å². The van der Waals surface area contributed by atoms with Crippen LogP contribution >= 0.6 is 11.3 Å². The molecule has 2 aromatic carbocycles. The van der Waals surface area contributed by atoms with E-state index >= 15 is 0 Å². The first-order valence-electron chi connectivity index (χ1n) is 11.3. The lowest BCUT2D eigenvalue weighted by molar-refractivity contribution is -0.133. The third kappa shape index (κ3) is 6.10. The molecule has 9 heteroatoms. The van der Waals surface area contributed by atoms with E-state index in [1.807, 2.05) is 23.6 Å². The first kappa shape index (κ1) is 25.4. The molecule has 4 rings (SSSR count). The van der Waals surface area contributed by atoms with Crippen LogP contribution in [0.5, 0.6) is 0 Å². The molecule has 0 radical (unpaired) electrons. The zero-order valence-corrected chi connectivity index (χ0v) is 21.3. The summed E-state index contributed by atoms with van der Waals surface area (Å²) >= 11 is 1.53. The van der Waals surface area contributed by atoms with Crippen molar-refractivity contribution in [3.8, 4) is 0 Å². The number of thiophene rings is 1. The van der Waals surface area contributed by atoms with E-state index in [4.69, 9.17) is 4.42 Å². The molecule has 7 nitrogen and oxygen atoms in total. The van der Waals surface area contributed by atoms with E-state index in [1.165, 1.54) is 42.6 Å². The van der Waals surface area contributed by atoms with Crippen LogP contribution in [0.4, 0.5) is 0 Å². The van der Waals surface area contributed by atoms with E-state index in [9.17, 15) is 18.0 Å². The number of rotatable bonds is 10. The van der Waals surface area contributed by atoms with Gasteiger partial charge < -0.3 is 14.6 Å². The molecule has 0 unspecified atom stereocenters. The van der Waals surface area contributed by atoms with Crippen LogP contribution in [-0.4, -0.2) is 37.9 Å². The topological polar surface area (TPSA) is 96.7 Å². The summed E-state index contributed by atoms with van der Waals surface area (Å²) in [6, 6.07) is 22.1. The number of amides is 2. The maximum Gasteiger partial charge on any atom is 0.251 e. The Labute approximate surface area is 214 Å². The second-order valence-corrected chi connectivity index (χ2v) is 11.3. The lowest BCUT2D eigenvalue weighted by Crippen LogP contribution is -2.37. The Morgan fingerprint density at radius 3 is 2.31 bits per heavy atom. The molecular formula is C27H26N2O5S2. The van der Waals surface area contributed by atoms with Gasteiger partial charge in [-0.25, -0.2) is 8.42 Å². The highest BCUT2D eigenvalue weighted by Gasteiger charge is 2.32. The van der Waals surface area contributed by atoms with Crippen molar-refractivity contribution >= 4 is 33.0 Å². The Balaban J connectivity index is 1.66. The second kappa shape index (κ2) is 11.4. The van der Waals surface area contributed by atoms with Crippen LogP contribution < -0.4 is 5.32 Å². The minimum absolute atomic E-state index is 0.0553. The highest BCUT2D eigenvalue weighted by molar-refractivity contribution is 7.91. The number of nitrogens with one attached hydrogen (secondary N) is 1. The standard InChI is InChI=1S/C27H26N2O5S2/c1-28-26(30)21-11-13-24(14-12-21)36(32,33)19-25(20-7-3-2-4-8-20)27(31)29(17-22-9-5-15-34-22)18-23-10-6-16-35-23/h2-16,25H,17-19H2,1H3,(H,28,30)/t25-/m1/s1. The molecule has 2 aromatic heterocycles. The highest BCUT2D eigenvalue weighted by Crippen LogP contribution is 2.27. The van der Waals surface area contributed by atoms with Gasteiger partial charge in [-0.15, -0.1) is 11.3 Å². The Bertz CT molecular complexity index is 1350. The summed E-state index contributed by atoms with van der Waals surface area (Å²) in [6.45, 7) is 0.551. The number of furan rings is 1. The Hall–Kier alpha value is -3.69. The monoisotopic (exact) mass is 522 g/mol. The van der Waals surface area contributed by atoms with Crippen LogP contribution in [0.15, 0.2) is 99.8 Å². The predicted molar refractivity (Wildman–Crippen MR) is 138 cm³/mol. The Morgan fingerprint density at radius 1 is 0.944 bits per heavy atom. The van der Waals surface area contributed by atoms with Crippen LogP contribution in [0.3, 0.4) is 0 Å². The van der Waals surface area contributed by atoms with Gasteiger partial charge >= 0.3 is 0 Å². The van der Waals surface area contributed by atoms with Crippen LogP contribution in [0.25, 0.3) is 0 Å². The van der Waals surface area contributed by atoms with E-state index in [-0.39, 0.29) is 23.3 Å². The number of carbonyl (C=O) groups is 2. The maximum atomic E-state index is 14.0. The fraction of sp³-hybridized carbons (Fsp3) is 0.185. The molecule has 36 heavy (non-hydrogen) atoms. The van der Waals surface area contributed by atoms with E-state index in [1.54, 1.807) is 47.6 Å². The molecule has 2 amide bonds. The molecule has 1 atom stereocenters. The number of benzene rings is 2. The lowest BCUT2D eigenvalue weighted by atomic mass is 9.99. The van der Waals surface area contributed by atoms with Gasteiger partial charge in [0.25, 0.3) is 5.91 Å². The molecule has 0 spiro atoms. The average molecular weight is 523 g/mol. The van der Waals surface area contributed by atoms with E-state index in [0.717, 1.165) is 4.88 Å². The Morgan fingerprint density at radius 2 is 1.69 bits per heavy atom. The van der Waals surface area contributed by atoms with Crippen LogP contribution in [0, 0.1) is 0 Å². The largest absolute Gasteiger partial charge is 0.467 e. The lowest BCUT2D eigenvalue weighted by Gasteiger charge is -2.27. The summed E-state index contributed by atoms with van der Waals surface area (Å²) in [7, 11) is -2.35. The fourth-order valence-electron chi connectivity index (χ4n) is 3.88. The SMILES string of the molecule is CNC(=O)c1ccc(S(=O)(=O)C[C@@H](C(=O)N(Cc2ccco2)Cc2cccs2)c2ccccc2)cc1. The van der Waals surface area contributed by atoms with Gasteiger partial charge in [-0.3, -0.25) is 9.59 Å². The Kier molecular flexibility index (Phi) is 8.02.